The average Bonchev–Trinajstić information content (AvgIpc) is 2.79. The van der Waals surface area contributed by atoms with Crippen molar-refractivity contribution in [3.63, 3.8) is 0 Å². The van der Waals surface area contributed by atoms with E-state index in [-0.39, 0.29) is 0 Å². The van der Waals surface area contributed by atoms with Gasteiger partial charge in [-0.05, 0) is 27.3 Å². The zero-order chi connectivity index (χ0) is 14.2. The molecule has 2 rings (SSSR count). The number of likely N-dealkylation sites (N-methyl/N-ethyl adjacent to an activating group) is 1. The summed E-state index contributed by atoms with van der Waals surface area (Å²) in [5.74, 6) is -0.865. The summed E-state index contributed by atoms with van der Waals surface area (Å²) in [5.41, 5.74) is 0.701. The number of hydrogen-bond acceptors (Lipinski definition) is 5. The van der Waals surface area contributed by atoms with Crippen LogP contribution in [0.4, 0.5) is 5.13 Å². The number of carboxylic acids is 1. The van der Waals surface area contributed by atoms with Gasteiger partial charge in [0.05, 0.1) is 5.69 Å². The number of carbonyl (C=O) groups is 1. The molecule has 0 saturated carbocycles. The van der Waals surface area contributed by atoms with Crippen LogP contribution in [0.3, 0.4) is 0 Å². The maximum absolute atomic E-state index is 11.2. The number of aromatic carboxylic acids is 1. The summed E-state index contributed by atoms with van der Waals surface area (Å²) >= 11 is 1.30. The summed E-state index contributed by atoms with van der Waals surface area (Å²) in [6, 6.07) is 0.900. The molecule has 0 amide bonds. The minimum atomic E-state index is -0.865. The molecule has 1 saturated heterocycles. The molecule has 6 heteroatoms. The van der Waals surface area contributed by atoms with Gasteiger partial charge in [-0.25, -0.2) is 9.78 Å². The minimum Gasteiger partial charge on any atom is -0.477 e. The van der Waals surface area contributed by atoms with Gasteiger partial charge >= 0.3 is 5.97 Å². The molecule has 0 spiro atoms. The third-order valence-electron chi connectivity index (χ3n) is 3.85. The molecule has 1 aliphatic rings. The molecule has 19 heavy (non-hydrogen) atoms. The SMILES string of the molecule is CCc1nc(N2CC(C)N(C)C(C)C2)sc1C(=O)O. The predicted octanol–water partition coefficient (Wildman–Crippen LogP) is 1.93. The molecule has 0 aromatic carbocycles. The normalized spacial score (nSPS) is 24.7. The van der Waals surface area contributed by atoms with Crippen LogP contribution in [-0.2, 0) is 6.42 Å². The predicted molar refractivity (Wildman–Crippen MR) is 77.4 cm³/mol. The van der Waals surface area contributed by atoms with E-state index in [1.54, 1.807) is 0 Å². The number of hydrogen-bond donors (Lipinski definition) is 1. The highest BCUT2D eigenvalue weighted by Crippen LogP contribution is 2.29. The van der Waals surface area contributed by atoms with E-state index in [2.05, 4.69) is 35.7 Å². The van der Waals surface area contributed by atoms with E-state index < -0.39 is 5.97 Å². The minimum absolute atomic E-state index is 0.386. The van der Waals surface area contributed by atoms with E-state index in [1.165, 1.54) is 11.3 Å². The van der Waals surface area contributed by atoms with E-state index in [1.807, 2.05) is 6.92 Å². The Kier molecular flexibility index (Phi) is 4.10. The topological polar surface area (TPSA) is 56.7 Å². The standard InChI is InChI=1S/C13H21N3O2S/c1-5-10-11(12(17)18)19-13(14-10)16-6-8(2)15(4)9(3)7-16/h8-9H,5-7H2,1-4H3,(H,17,18). The lowest BCUT2D eigenvalue weighted by molar-refractivity contribution is 0.0701. The van der Waals surface area contributed by atoms with Crippen molar-refractivity contribution in [3.05, 3.63) is 10.6 Å². The molecular formula is C13H21N3O2S. The first-order valence-electron chi connectivity index (χ1n) is 6.63. The van der Waals surface area contributed by atoms with Crippen molar-refractivity contribution < 1.29 is 9.90 Å². The van der Waals surface area contributed by atoms with Crippen LogP contribution < -0.4 is 4.90 Å². The molecule has 1 N–H and O–H groups in total. The molecule has 1 aromatic heterocycles. The summed E-state index contributed by atoms with van der Waals surface area (Å²) in [5, 5.41) is 10.0. The Morgan fingerprint density at radius 1 is 1.42 bits per heavy atom. The van der Waals surface area contributed by atoms with Crippen molar-refractivity contribution in [3.8, 4) is 0 Å². The highest BCUT2D eigenvalue weighted by molar-refractivity contribution is 7.17. The van der Waals surface area contributed by atoms with Gasteiger partial charge < -0.3 is 10.0 Å². The van der Waals surface area contributed by atoms with Gasteiger partial charge in [0.15, 0.2) is 5.13 Å². The van der Waals surface area contributed by atoms with Gasteiger partial charge in [-0.3, -0.25) is 4.90 Å². The molecule has 1 aromatic rings. The van der Waals surface area contributed by atoms with Crippen molar-refractivity contribution in [2.45, 2.75) is 39.3 Å². The number of carboxylic acid groups (broad SMARTS) is 1. The molecule has 106 valence electrons. The molecule has 1 aliphatic heterocycles. The van der Waals surface area contributed by atoms with Gasteiger partial charge in [-0.1, -0.05) is 18.3 Å². The number of anilines is 1. The molecule has 2 heterocycles. The summed E-state index contributed by atoms with van der Waals surface area (Å²) in [6.07, 6.45) is 0.664. The molecule has 2 unspecified atom stereocenters. The fraction of sp³-hybridized carbons (Fsp3) is 0.692. The number of nitrogens with zero attached hydrogens (tertiary/aromatic N) is 3. The Hall–Kier alpha value is -1.14. The second-order valence-corrected chi connectivity index (χ2v) is 6.18. The molecular weight excluding hydrogens is 262 g/mol. The van der Waals surface area contributed by atoms with E-state index in [4.69, 9.17) is 0 Å². The summed E-state index contributed by atoms with van der Waals surface area (Å²) in [4.78, 5) is 20.7. The van der Waals surface area contributed by atoms with E-state index in [0.29, 0.717) is 29.1 Å². The quantitative estimate of drug-likeness (QED) is 0.918. The summed E-state index contributed by atoms with van der Waals surface area (Å²) in [6.45, 7) is 8.12. The average molecular weight is 283 g/mol. The first kappa shape index (κ1) is 14.3. The maximum atomic E-state index is 11.2. The van der Waals surface area contributed by atoms with Gasteiger partial charge in [-0.15, -0.1) is 0 Å². The Labute approximate surface area is 117 Å². The number of piperazine rings is 1. The maximum Gasteiger partial charge on any atom is 0.347 e. The zero-order valence-electron chi connectivity index (χ0n) is 11.9. The third kappa shape index (κ3) is 2.74. The van der Waals surface area contributed by atoms with Crippen molar-refractivity contribution in [1.29, 1.82) is 0 Å². The van der Waals surface area contributed by atoms with Crippen LogP contribution in [0.5, 0.6) is 0 Å². The largest absolute Gasteiger partial charge is 0.477 e. The second kappa shape index (κ2) is 5.46. The zero-order valence-corrected chi connectivity index (χ0v) is 12.7. The van der Waals surface area contributed by atoms with Gasteiger partial charge in [0.2, 0.25) is 0 Å². The Bertz CT molecular complexity index is 462. The van der Waals surface area contributed by atoms with Crippen LogP contribution in [0.2, 0.25) is 0 Å². The molecule has 1 fully saturated rings. The van der Waals surface area contributed by atoms with Gasteiger partial charge in [0, 0.05) is 25.2 Å². The smallest absolute Gasteiger partial charge is 0.347 e. The van der Waals surface area contributed by atoms with Crippen molar-refractivity contribution in [2.75, 3.05) is 25.0 Å². The van der Waals surface area contributed by atoms with Crippen LogP contribution in [0.25, 0.3) is 0 Å². The Morgan fingerprint density at radius 2 is 2.00 bits per heavy atom. The number of thiazole rings is 1. The molecule has 0 radical (unpaired) electrons. The summed E-state index contributed by atoms with van der Waals surface area (Å²) in [7, 11) is 2.13. The lowest BCUT2D eigenvalue weighted by Gasteiger charge is -2.42. The third-order valence-corrected chi connectivity index (χ3v) is 4.99. The monoisotopic (exact) mass is 283 g/mol. The molecule has 0 bridgehead atoms. The number of aryl methyl sites for hydroxylation is 1. The molecule has 5 nitrogen and oxygen atoms in total. The summed E-state index contributed by atoms with van der Waals surface area (Å²) < 4.78 is 0. The second-order valence-electron chi connectivity index (χ2n) is 5.20. The van der Waals surface area contributed by atoms with E-state index >= 15 is 0 Å². The van der Waals surface area contributed by atoms with Crippen molar-refractivity contribution >= 4 is 22.4 Å². The van der Waals surface area contributed by atoms with Gasteiger partial charge in [-0.2, -0.15) is 0 Å². The number of aromatic nitrogens is 1. The van der Waals surface area contributed by atoms with Crippen molar-refractivity contribution in [2.24, 2.45) is 0 Å². The van der Waals surface area contributed by atoms with E-state index in [0.717, 1.165) is 18.2 Å². The Morgan fingerprint density at radius 3 is 2.42 bits per heavy atom. The lowest BCUT2D eigenvalue weighted by Crippen LogP contribution is -2.55. The first-order chi connectivity index (χ1) is 8.93. The first-order valence-corrected chi connectivity index (χ1v) is 7.45. The van der Waals surface area contributed by atoms with Crippen LogP contribution in [0, 0.1) is 0 Å². The Balaban J connectivity index is 2.25. The van der Waals surface area contributed by atoms with Crippen molar-refractivity contribution in [1.82, 2.24) is 9.88 Å². The van der Waals surface area contributed by atoms with Gasteiger partial charge in [0.25, 0.3) is 0 Å². The molecule has 0 aliphatic carbocycles. The number of rotatable bonds is 3. The lowest BCUT2D eigenvalue weighted by atomic mass is 10.1. The fourth-order valence-corrected chi connectivity index (χ4v) is 3.45. The molecule has 2 atom stereocenters. The van der Waals surface area contributed by atoms with Crippen LogP contribution in [-0.4, -0.2) is 53.2 Å². The fourth-order valence-electron chi connectivity index (χ4n) is 2.44. The van der Waals surface area contributed by atoms with Crippen LogP contribution in [0.1, 0.15) is 36.1 Å². The van der Waals surface area contributed by atoms with Crippen LogP contribution in [0.15, 0.2) is 0 Å². The van der Waals surface area contributed by atoms with Gasteiger partial charge in [0.1, 0.15) is 4.88 Å². The highest BCUT2D eigenvalue weighted by Gasteiger charge is 2.29. The highest BCUT2D eigenvalue weighted by atomic mass is 32.1. The van der Waals surface area contributed by atoms with Crippen LogP contribution >= 0.6 is 11.3 Å². The van der Waals surface area contributed by atoms with E-state index in [9.17, 15) is 9.90 Å².